The lowest BCUT2D eigenvalue weighted by atomic mass is 9.98. The predicted molar refractivity (Wildman–Crippen MR) is 89.0 cm³/mol. The van der Waals surface area contributed by atoms with E-state index in [1.54, 1.807) is 31.4 Å². The van der Waals surface area contributed by atoms with Crippen LogP contribution in [0.5, 0.6) is 0 Å². The second kappa shape index (κ2) is 7.01. The molecular weight excluding hydrogens is 332 g/mol. The Bertz CT molecular complexity index is 578. The van der Waals surface area contributed by atoms with Crippen molar-refractivity contribution in [2.45, 2.75) is 49.5 Å². The largest absolute Gasteiger partial charge is 0.452 e. The summed E-state index contributed by atoms with van der Waals surface area (Å²) in [6.07, 6.45) is -1.92. The summed E-state index contributed by atoms with van der Waals surface area (Å²) >= 11 is 4.43. The van der Waals surface area contributed by atoms with Gasteiger partial charge in [0.1, 0.15) is 23.7 Å². The zero-order chi connectivity index (χ0) is 17.3. The van der Waals surface area contributed by atoms with Gasteiger partial charge in [-0.15, -0.1) is 12.6 Å². The third-order valence-corrected chi connectivity index (χ3v) is 4.56. The Labute approximate surface area is 146 Å². The number of carbonyl (C=O) groups is 1. The van der Waals surface area contributed by atoms with Crippen LogP contribution in [0.2, 0.25) is 0 Å². The Morgan fingerprint density at radius 1 is 1.25 bits per heavy atom. The predicted octanol–water partition coefficient (Wildman–Crippen LogP) is 2.03. The van der Waals surface area contributed by atoms with Gasteiger partial charge in [-0.25, -0.2) is 4.79 Å². The molecule has 3 rings (SSSR count). The first kappa shape index (κ1) is 17.7. The quantitative estimate of drug-likeness (QED) is 0.662. The third kappa shape index (κ3) is 3.60. The van der Waals surface area contributed by atoms with Crippen molar-refractivity contribution in [3.63, 3.8) is 0 Å². The van der Waals surface area contributed by atoms with Crippen LogP contribution >= 0.6 is 12.6 Å². The SMILES string of the molecule is CO[C@@H]1[C@@H](OC(=O)c2ccccc2)[C@H](S)O[C@H]2COC(C)(C)O[C@@H]12. The standard InChI is InChI=1S/C17H22O6S/c1-17(2)20-9-11-12(23-17)13(19-3)14(16(24)21-11)22-15(18)10-7-5-4-6-8-10/h4-8,11-14,16,24H,9H2,1-3H3/t11-,12+,13-,14+,16-/m0/s1. The van der Waals surface area contributed by atoms with E-state index in [4.69, 9.17) is 23.7 Å². The Balaban J connectivity index is 1.77. The minimum absolute atomic E-state index is 0.322. The molecule has 0 unspecified atom stereocenters. The van der Waals surface area contributed by atoms with Crippen LogP contribution in [0, 0.1) is 0 Å². The fourth-order valence-corrected chi connectivity index (χ4v) is 3.36. The molecule has 0 N–H and O–H groups in total. The molecule has 0 bridgehead atoms. The maximum atomic E-state index is 12.4. The van der Waals surface area contributed by atoms with Crippen LogP contribution in [0.1, 0.15) is 24.2 Å². The average Bonchev–Trinajstić information content (AvgIpc) is 2.56. The van der Waals surface area contributed by atoms with E-state index < -0.39 is 35.5 Å². The first-order chi connectivity index (χ1) is 11.4. The van der Waals surface area contributed by atoms with Gasteiger partial charge in [0, 0.05) is 7.11 Å². The van der Waals surface area contributed by atoms with Crippen LogP contribution in [0.15, 0.2) is 30.3 Å². The van der Waals surface area contributed by atoms with E-state index in [-0.39, 0.29) is 6.10 Å². The number of rotatable bonds is 3. The van der Waals surface area contributed by atoms with Crippen molar-refractivity contribution < 1.29 is 28.5 Å². The molecule has 7 heteroatoms. The molecule has 2 saturated heterocycles. The van der Waals surface area contributed by atoms with E-state index in [1.165, 1.54) is 0 Å². The molecule has 0 spiro atoms. The number of esters is 1. The van der Waals surface area contributed by atoms with Gasteiger partial charge in [-0.3, -0.25) is 0 Å². The highest BCUT2D eigenvalue weighted by molar-refractivity contribution is 7.80. The number of benzene rings is 1. The van der Waals surface area contributed by atoms with Crippen LogP contribution in [0.4, 0.5) is 0 Å². The first-order valence-corrected chi connectivity index (χ1v) is 8.37. The van der Waals surface area contributed by atoms with Gasteiger partial charge < -0.3 is 23.7 Å². The van der Waals surface area contributed by atoms with Crippen molar-refractivity contribution >= 4 is 18.6 Å². The number of thiol groups is 1. The smallest absolute Gasteiger partial charge is 0.338 e. The molecule has 0 aliphatic carbocycles. The third-order valence-electron chi connectivity index (χ3n) is 4.15. The normalized spacial score (nSPS) is 35.1. The fourth-order valence-electron chi connectivity index (χ4n) is 2.98. The van der Waals surface area contributed by atoms with Crippen molar-refractivity contribution in [2.75, 3.05) is 13.7 Å². The molecule has 2 aliphatic rings. The molecular formula is C17H22O6S. The Morgan fingerprint density at radius 2 is 1.96 bits per heavy atom. The lowest BCUT2D eigenvalue weighted by molar-refractivity contribution is -0.351. The summed E-state index contributed by atoms with van der Waals surface area (Å²) in [5, 5.41) is 0. The zero-order valence-electron chi connectivity index (χ0n) is 13.9. The maximum Gasteiger partial charge on any atom is 0.338 e. The molecule has 0 aromatic heterocycles. The van der Waals surface area contributed by atoms with Crippen molar-refractivity contribution in [3.8, 4) is 0 Å². The summed E-state index contributed by atoms with van der Waals surface area (Å²) in [6.45, 7) is 4.02. The number of hydrogen-bond donors (Lipinski definition) is 1. The second-order valence-corrected chi connectivity index (χ2v) is 6.80. The van der Waals surface area contributed by atoms with Crippen molar-refractivity contribution in [2.24, 2.45) is 0 Å². The fraction of sp³-hybridized carbons (Fsp3) is 0.588. The molecule has 1 aromatic carbocycles. The van der Waals surface area contributed by atoms with E-state index in [1.807, 2.05) is 19.9 Å². The number of fused-ring (bicyclic) bond motifs is 1. The summed E-state index contributed by atoms with van der Waals surface area (Å²) in [7, 11) is 1.56. The van der Waals surface area contributed by atoms with E-state index >= 15 is 0 Å². The van der Waals surface area contributed by atoms with E-state index in [0.29, 0.717) is 12.2 Å². The molecule has 132 valence electrons. The summed E-state index contributed by atoms with van der Waals surface area (Å²) in [4.78, 5) is 12.4. The Hall–Kier alpha value is -1.12. The molecule has 1 aromatic rings. The minimum Gasteiger partial charge on any atom is -0.452 e. The summed E-state index contributed by atoms with van der Waals surface area (Å²) in [6, 6.07) is 8.78. The number of ether oxygens (including phenoxy) is 5. The Kier molecular flexibility index (Phi) is 5.17. The second-order valence-electron chi connectivity index (χ2n) is 6.29. The van der Waals surface area contributed by atoms with Crippen LogP contribution in [0.3, 0.4) is 0 Å². The molecule has 24 heavy (non-hydrogen) atoms. The van der Waals surface area contributed by atoms with Crippen molar-refractivity contribution in [1.29, 1.82) is 0 Å². The van der Waals surface area contributed by atoms with Gasteiger partial charge in [-0.2, -0.15) is 0 Å². The van der Waals surface area contributed by atoms with E-state index in [0.717, 1.165) is 0 Å². The van der Waals surface area contributed by atoms with E-state index in [9.17, 15) is 4.79 Å². The van der Waals surface area contributed by atoms with Gasteiger partial charge in [-0.05, 0) is 26.0 Å². The molecule has 6 nitrogen and oxygen atoms in total. The van der Waals surface area contributed by atoms with Gasteiger partial charge in [-0.1, -0.05) is 18.2 Å². The van der Waals surface area contributed by atoms with Crippen LogP contribution in [0.25, 0.3) is 0 Å². The van der Waals surface area contributed by atoms with Crippen LogP contribution in [-0.2, 0) is 23.7 Å². The monoisotopic (exact) mass is 354 g/mol. The molecule has 0 saturated carbocycles. The molecule has 5 atom stereocenters. The zero-order valence-corrected chi connectivity index (χ0v) is 14.8. The Morgan fingerprint density at radius 3 is 2.62 bits per heavy atom. The van der Waals surface area contributed by atoms with Gasteiger partial charge >= 0.3 is 5.97 Å². The minimum atomic E-state index is -0.751. The summed E-state index contributed by atoms with van der Waals surface area (Å²) in [5.74, 6) is -1.20. The molecule has 2 aliphatic heterocycles. The van der Waals surface area contributed by atoms with Gasteiger partial charge in [0.05, 0.1) is 12.2 Å². The lowest BCUT2D eigenvalue weighted by Crippen LogP contribution is -2.64. The first-order valence-electron chi connectivity index (χ1n) is 7.85. The molecule has 2 fully saturated rings. The van der Waals surface area contributed by atoms with Gasteiger partial charge in [0.2, 0.25) is 0 Å². The number of hydrogen-bond acceptors (Lipinski definition) is 7. The van der Waals surface area contributed by atoms with Gasteiger partial charge in [0.15, 0.2) is 11.9 Å². The van der Waals surface area contributed by atoms with Crippen molar-refractivity contribution in [1.82, 2.24) is 0 Å². The summed E-state index contributed by atoms with van der Waals surface area (Å²) in [5.41, 5.74) is -0.166. The summed E-state index contributed by atoms with van der Waals surface area (Å²) < 4.78 is 28.6. The highest BCUT2D eigenvalue weighted by atomic mass is 32.1. The molecule has 2 heterocycles. The topological polar surface area (TPSA) is 63.2 Å². The lowest BCUT2D eigenvalue weighted by Gasteiger charge is -2.49. The van der Waals surface area contributed by atoms with Crippen LogP contribution in [-0.4, -0.2) is 55.3 Å². The highest BCUT2D eigenvalue weighted by Gasteiger charge is 2.52. The molecule has 0 amide bonds. The average molecular weight is 354 g/mol. The number of carbonyl (C=O) groups excluding carboxylic acids is 1. The van der Waals surface area contributed by atoms with E-state index in [2.05, 4.69) is 12.6 Å². The highest BCUT2D eigenvalue weighted by Crippen LogP contribution is 2.35. The van der Waals surface area contributed by atoms with Crippen molar-refractivity contribution in [3.05, 3.63) is 35.9 Å². The van der Waals surface area contributed by atoms with Crippen LogP contribution < -0.4 is 0 Å². The number of methoxy groups -OCH3 is 1. The molecule has 0 radical (unpaired) electrons. The van der Waals surface area contributed by atoms with Gasteiger partial charge in [0.25, 0.3) is 0 Å². The maximum absolute atomic E-state index is 12.4.